The van der Waals surface area contributed by atoms with E-state index in [1.165, 1.54) is 6.20 Å². The van der Waals surface area contributed by atoms with Crippen LogP contribution in [-0.4, -0.2) is 16.8 Å². The fourth-order valence-electron chi connectivity index (χ4n) is 0.771. The van der Waals surface area contributed by atoms with Crippen LogP contribution >= 0.6 is 0 Å². The van der Waals surface area contributed by atoms with Crippen molar-refractivity contribution in [3.05, 3.63) is 30.1 Å². The second kappa shape index (κ2) is 3.25. The van der Waals surface area contributed by atoms with Gasteiger partial charge in [0.05, 0.1) is 6.04 Å². The van der Waals surface area contributed by atoms with Gasteiger partial charge in [-0.1, -0.05) is 0 Å². The van der Waals surface area contributed by atoms with Crippen molar-refractivity contribution < 1.29 is 4.79 Å². The molecule has 1 aromatic rings. The van der Waals surface area contributed by atoms with Gasteiger partial charge in [-0.2, -0.15) is 0 Å². The molecular weight excluding hydrogens is 140 g/mol. The summed E-state index contributed by atoms with van der Waals surface area (Å²) in [7, 11) is 0. The lowest BCUT2D eigenvalue weighted by atomic mass is 10.1. The zero-order valence-electron chi connectivity index (χ0n) is 6.32. The van der Waals surface area contributed by atoms with Crippen molar-refractivity contribution in [3.63, 3.8) is 0 Å². The summed E-state index contributed by atoms with van der Waals surface area (Å²) in [6, 6.07) is 2.98. The Kier molecular flexibility index (Phi) is 2.33. The Hall–Kier alpha value is -1.22. The maximum atomic E-state index is 11.2. The molecule has 0 amide bonds. The van der Waals surface area contributed by atoms with E-state index in [2.05, 4.69) is 4.98 Å². The van der Waals surface area contributed by atoms with Crippen molar-refractivity contribution >= 4 is 5.78 Å². The van der Waals surface area contributed by atoms with Gasteiger partial charge < -0.3 is 5.73 Å². The summed E-state index contributed by atoms with van der Waals surface area (Å²) in [5.74, 6) is -0.0712. The van der Waals surface area contributed by atoms with Gasteiger partial charge in [-0.05, 0) is 19.1 Å². The first kappa shape index (κ1) is 7.88. The van der Waals surface area contributed by atoms with Crippen LogP contribution in [0.3, 0.4) is 0 Å². The zero-order chi connectivity index (χ0) is 8.27. The van der Waals surface area contributed by atoms with E-state index in [9.17, 15) is 4.79 Å². The van der Waals surface area contributed by atoms with Crippen molar-refractivity contribution in [2.75, 3.05) is 0 Å². The Morgan fingerprint density at radius 1 is 1.73 bits per heavy atom. The number of aromatic nitrogens is 1. The lowest BCUT2D eigenvalue weighted by molar-refractivity contribution is 0.0967. The normalized spacial score (nSPS) is 12.5. The number of carbonyl (C=O) groups excluding carboxylic acids is 1. The maximum Gasteiger partial charge on any atom is 0.180 e. The van der Waals surface area contributed by atoms with E-state index in [0.29, 0.717) is 5.56 Å². The molecule has 0 radical (unpaired) electrons. The monoisotopic (exact) mass is 150 g/mol. The van der Waals surface area contributed by atoms with Crippen molar-refractivity contribution in [1.29, 1.82) is 0 Å². The lowest BCUT2D eigenvalue weighted by Crippen LogP contribution is -2.26. The van der Waals surface area contributed by atoms with E-state index in [4.69, 9.17) is 5.73 Å². The highest BCUT2D eigenvalue weighted by Crippen LogP contribution is 1.98. The van der Waals surface area contributed by atoms with Gasteiger partial charge in [0.2, 0.25) is 0 Å². The molecule has 0 spiro atoms. The minimum Gasteiger partial charge on any atom is -0.321 e. The number of nitrogens with two attached hydrogens (primary N) is 1. The molecule has 0 aliphatic carbocycles. The minimum absolute atomic E-state index is 0.0712. The summed E-state index contributed by atoms with van der Waals surface area (Å²) >= 11 is 0. The highest BCUT2D eigenvalue weighted by molar-refractivity contribution is 5.99. The predicted molar refractivity (Wildman–Crippen MR) is 42.2 cm³/mol. The van der Waals surface area contributed by atoms with Crippen LogP contribution in [0.15, 0.2) is 24.5 Å². The van der Waals surface area contributed by atoms with Crippen LogP contribution in [0.2, 0.25) is 0 Å². The van der Waals surface area contributed by atoms with E-state index in [0.717, 1.165) is 0 Å². The Balaban J connectivity index is 2.86. The van der Waals surface area contributed by atoms with E-state index in [1.807, 2.05) is 0 Å². The Morgan fingerprint density at radius 2 is 2.45 bits per heavy atom. The van der Waals surface area contributed by atoms with Gasteiger partial charge >= 0.3 is 0 Å². The van der Waals surface area contributed by atoms with Crippen LogP contribution in [0, 0.1) is 0 Å². The fourth-order valence-corrected chi connectivity index (χ4v) is 0.771. The van der Waals surface area contributed by atoms with Crippen LogP contribution in [0.5, 0.6) is 0 Å². The summed E-state index contributed by atoms with van der Waals surface area (Å²) in [6.07, 6.45) is 3.14. The number of hydrogen-bond acceptors (Lipinski definition) is 3. The second-order valence-electron chi connectivity index (χ2n) is 2.39. The first-order valence-corrected chi connectivity index (χ1v) is 3.41. The van der Waals surface area contributed by atoms with Gasteiger partial charge in [-0.25, -0.2) is 0 Å². The smallest absolute Gasteiger partial charge is 0.180 e. The molecule has 0 aromatic carbocycles. The molecule has 0 saturated heterocycles. The molecule has 1 aromatic heterocycles. The first-order chi connectivity index (χ1) is 5.22. The number of Topliss-reactive ketones (excluding diaryl/α,β-unsaturated/α-hetero) is 1. The molecule has 58 valence electrons. The van der Waals surface area contributed by atoms with Gasteiger partial charge in [-0.3, -0.25) is 9.78 Å². The van der Waals surface area contributed by atoms with Gasteiger partial charge in [0, 0.05) is 18.0 Å². The van der Waals surface area contributed by atoms with E-state index in [-0.39, 0.29) is 5.78 Å². The SMILES string of the molecule is C[C@H](N)C(=O)c1cccnc1. The summed E-state index contributed by atoms with van der Waals surface area (Å²) in [5.41, 5.74) is 5.96. The third-order valence-electron chi connectivity index (χ3n) is 1.36. The Labute approximate surface area is 65.2 Å². The molecule has 0 bridgehead atoms. The average Bonchev–Trinajstić information content (AvgIpc) is 2.05. The Bertz CT molecular complexity index is 244. The second-order valence-corrected chi connectivity index (χ2v) is 2.39. The predicted octanol–water partition coefficient (Wildman–Crippen LogP) is 0.612. The van der Waals surface area contributed by atoms with E-state index in [1.54, 1.807) is 25.3 Å². The van der Waals surface area contributed by atoms with Gasteiger partial charge in [-0.15, -0.1) is 0 Å². The number of ketones is 1. The number of pyridine rings is 1. The fraction of sp³-hybridized carbons (Fsp3) is 0.250. The molecule has 0 aliphatic heterocycles. The lowest BCUT2D eigenvalue weighted by Gasteiger charge is -2.01. The van der Waals surface area contributed by atoms with Crippen LogP contribution in [0.25, 0.3) is 0 Å². The van der Waals surface area contributed by atoms with Gasteiger partial charge in [0.1, 0.15) is 0 Å². The summed E-state index contributed by atoms with van der Waals surface area (Å²) in [5, 5.41) is 0. The van der Waals surface area contributed by atoms with Crippen molar-refractivity contribution in [2.45, 2.75) is 13.0 Å². The molecule has 0 unspecified atom stereocenters. The molecule has 11 heavy (non-hydrogen) atoms. The van der Waals surface area contributed by atoms with Gasteiger partial charge in [0.15, 0.2) is 5.78 Å². The van der Waals surface area contributed by atoms with Crippen LogP contribution in [0.1, 0.15) is 17.3 Å². The number of hydrogen-bond donors (Lipinski definition) is 1. The third-order valence-corrected chi connectivity index (χ3v) is 1.36. The topological polar surface area (TPSA) is 56.0 Å². The molecule has 1 atom stereocenters. The molecule has 2 N–H and O–H groups in total. The quantitative estimate of drug-likeness (QED) is 0.628. The Morgan fingerprint density at radius 3 is 2.91 bits per heavy atom. The van der Waals surface area contributed by atoms with Crippen molar-refractivity contribution in [3.8, 4) is 0 Å². The maximum absolute atomic E-state index is 11.2. The largest absolute Gasteiger partial charge is 0.321 e. The summed E-state index contributed by atoms with van der Waals surface area (Å²) in [6.45, 7) is 1.66. The molecular formula is C8H10N2O. The molecule has 0 fully saturated rings. The third kappa shape index (κ3) is 1.85. The summed E-state index contributed by atoms with van der Waals surface area (Å²) in [4.78, 5) is 15.0. The molecule has 0 saturated carbocycles. The number of nitrogens with zero attached hydrogens (tertiary/aromatic N) is 1. The first-order valence-electron chi connectivity index (χ1n) is 3.41. The molecule has 1 rings (SSSR count). The molecule has 3 heteroatoms. The van der Waals surface area contributed by atoms with Crippen LogP contribution < -0.4 is 5.73 Å². The number of rotatable bonds is 2. The highest BCUT2D eigenvalue weighted by Gasteiger charge is 2.09. The standard InChI is InChI=1S/C8H10N2O/c1-6(9)8(11)7-3-2-4-10-5-7/h2-6H,9H2,1H3/t6-/m0/s1. The van der Waals surface area contributed by atoms with Gasteiger partial charge in [0.25, 0.3) is 0 Å². The van der Waals surface area contributed by atoms with E-state index >= 15 is 0 Å². The highest BCUT2D eigenvalue weighted by atomic mass is 16.1. The molecule has 1 heterocycles. The van der Waals surface area contributed by atoms with Crippen LogP contribution in [-0.2, 0) is 0 Å². The molecule has 3 nitrogen and oxygen atoms in total. The van der Waals surface area contributed by atoms with Crippen molar-refractivity contribution in [2.24, 2.45) is 5.73 Å². The average molecular weight is 150 g/mol. The zero-order valence-corrected chi connectivity index (χ0v) is 6.32. The van der Waals surface area contributed by atoms with Crippen molar-refractivity contribution in [1.82, 2.24) is 4.98 Å². The number of carbonyl (C=O) groups is 1. The minimum atomic E-state index is -0.445. The molecule has 0 aliphatic rings. The summed E-state index contributed by atoms with van der Waals surface area (Å²) < 4.78 is 0. The van der Waals surface area contributed by atoms with Crippen LogP contribution in [0.4, 0.5) is 0 Å². The van der Waals surface area contributed by atoms with E-state index < -0.39 is 6.04 Å².